The summed E-state index contributed by atoms with van der Waals surface area (Å²) in [4.78, 5) is 37.1. The summed E-state index contributed by atoms with van der Waals surface area (Å²) in [5.74, 6) is 0.656. The minimum absolute atomic E-state index is 0.148. The van der Waals surface area contributed by atoms with Gasteiger partial charge in [-0.15, -0.1) is 11.3 Å². The van der Waals surface area contributed by atoms with E-state index in [1.54, 1.807) is 23.2 Å². The summed E-state index contributed by atoms with van der Waals surface area (Å²) in [6.45, 7) is 6.65. The second-order valence-electron chi connectivity index (χ2n) is 7.24. The molecule has 0 bridgehead atoms. The maximum Gasteiger partial charge on any atom is 0.246 e. The van der Waals surface area contributed by atoms with Crippen molar-refractivity contribution < 1.29 is 9.59 Å². The van der Waals surface area contributed by atoms with Gasteiger partial charge < -0.3 is 15.5 Å². The minimum Gasteiger partial charge on any atom is -0.358 e. The number of anilines is 3. The van der Waals surface area contributed by atoms with Crippen molar-refractivity contribution in [3.63, 3.8) is 0 Å². The molecule has 1 saturated heterocycles. The largest absolute Gasteiger partial charge is 0.358 e. The highest BCUT2D eigenvalue weighted by atomic mass is 32.1. The molecule has 3 heterocycles. The molecule has 4 rings (SSSR count). The summed E-state index contributed by atoms with van der Waals surface area (Å²) in [5.41, 5.74) is 2.69. The van der Waals surface area contributed by atoms with Crippen molar-refractivity contribution in [3.8, 4) is 0 Å². The average Bonchev–Trinajstić information content (AvgIpc) is 3.26. The van der Waals surface area contributed by atoms with Crippen LogP contribution in [0.1, 0.15) is 30.2 Å². The number of aromatic nitrogens is 2. The third-order valence-corrected chi connectivity index (χ3v) is 6.35. The molecule has 0 saturated carbocycles. The van der Waals surface area contributed by atoms with Crippen molar-refractivity contribution in [2.45, 2.75) is 39.7 Å². The minimum atomic E-state index is -0.479. The Morgan fingerprint density at radius 3 is 2.66 bits per heavy atom. The van der Waals surface area contributed by atoms with Crippen LogP contribution in [-0.4, -0.2) is 34.4 Å². The molecule has 1 fully saturated rings. The Balaban J connectivity index is 1.44. The number of thiophene rings is 1. The van der Waals surface area contributed by atoms with Gasteiger partial charge in [-0.25, -0.2) is 9.97 Å². The Kier molecular flexibility index (Phi) is 5.19. The quantitative estimate of drug-likeness (QED) is 0.668. The molecule has 0 unspecified atom stereocenters. The number of benzene rings is 1. The van der Waals surface area contributed by atoms with Crippen LogP contribution in [0, 0.1) is 13.8 Å². The molecule has 2 amide bonds. The van der Waals surface area contributed by atoms with Crippen LogP contribution in [0.5, 0.6) is 0 Å². The second kappa shape index (κ2) is 7.79. The van der Waals surface area contributed by atoms with Gasteiger partial charge in [-0.2, -0.15) is 0 Å². The first-order valence-corrected chi connectivity index (χ1v) is 10.4. The predicted molar refractivity (Wildman–Crippen MR) is 117 cm³/mol. The lowest BCUT2D eigenvalue weighted by atomic mass is 10.2. The Morgan fingerprint density at radius 1 is 1.21 bits per heavy atom. The van der Waals surface area contributed by atoms with Crippen molar-refractivity contribution >= 4 is 50.6 Å². The Morgan fingerprint density at radius 2 is 1.97 bits per heavy atom. The first-order valence-electron chi connectivity index (χ1n) is 9.62. The van der Waals surface area contributed by atoms with Gasteiger partial charge in [0.05, 0.1) is 5.39 Å². The van der Waals surface area contributed by atoms with Crippen LogP contribution in [-0.2, 0) is 9.59 Å². The van der Waals surface area contributed by atoms with E-state index in [1.165, 1.54) is 11.2 Å². The molecule has 3 aromatic rings. The van der Waals surface area contributed by atoms with E-state index in [4.69, 9.17) is 0 Å². The van der Waals surface area contributed by atoms with Gasteiger partial charge in [0, 0.05) is 29.2 Å². The van der Waals surface area contributed by atoms with Crippen LogP contribution in [0.3, 0.4) is 0 Å². The average molecular weight is 410 g/mol. The van der Waals surface area contributed by atoms with Gasteiger partial charge in [0.2, 0.25) is 11.8 Å². The summed E-state index contributed by atoms with van der Waals surface area (Å²) < 4.78 is 0. The molecular formula is C21H23N5O2S. The number of aryl methyl sites for hydroxylation is 2. The van der Waals surface area contributed by atoms with Crippen LogP contribution in [0.4, 0.5) is 17.2 Å². The number of rotatable bonds is 5. The van der Waals surface area contributed by atoms with E-state index < -0.39 is 6.04 Å². The molecule has 1 aromatic carbocycles. The maximum absolute atomic E-state index is 12.7. The van der Waals surface area contributed by atoms with Crippen LogP contribution in [0.2, 0.25) is 0 Å². The van der Waals surface area contributed by atoms with Crippen LogP contribution in [0.15, 0.2) is 30.6 Å². The number of hydrogen-bond acceptors (Lipinski definition) is 6. The van der Waals surface area contributed by atoms with Gasteiger partial charge in [-0.05, 0) is 57.0 Å². The summed E-state index contributed by atoms with van der Waals surface area (Å²) in [7, 11) is 0. The number of carbonyl (C=O) groups excluding carboxylic acids is 2. The molecule has 0 radical (unpaired) electrons. The van der Waals surface area contributed by atoms with Crippen molar-refractivity contribution in [2.24, 2.45) is 0 Å². The number of nitrogens with zero attached hydrogens (tertiary/aromatic N) is 3. The number of fused-ring (bicyclic) bond motifs is 1. The van der Waals surface area contributed by atoms with Crippen molar-refractivity contribution in [1.29, 1.82) is 0 Å². The number of amides is 2. The van der Waals surface area contributed by atoms with Gasteiger partial charge in [-0.1, -0.05) is 0 Å². The molecule has 150 valence electrons. The fraction of sp³-hybridized carbons (Fsp3) is 0.333. The molecule has 2 N–H and O–H groups in total. The highest BCUT2D eigenvalue weighted by molar-refractivity contribution is 7.18. The van der Waals surface area contributed by atoms with Gasteiger partial charge in [-0.3, -0.25) is 9.59 Å². The van der Waals surface area contributed by atoms with E-state index in [2.05, 4.69) is 27.5 Å². The fourth-order valence-corrected chi connectivity index (χ4v) is 4.46. The fourth-order valence-electron chi connectivity index (χ4n) is 3.46. The lowest BCUT2D eigenvalue weighted by Gasteiger charge is -2.17. The summed E-state index contributed by atoms with van der Waals surface area (Å²) in [6, 6.07) is 6.89. The van der Waals surface area contributed by atoms with E-state index in [1.807, 2.05) is 31.2 Å². The molecule has 7 nitrogen and oxygen atoms in total. The molecule has 29 heavy (non-hydrogen) atoms. The van der Waals surface area contributed by atoms with E-state index in [9.17, 15) is 9.59 Å². The molecule has 1 aliphatic rings. The lowest BCUT2D eigenvalue weighted by molar-refractivity contribution is -0.117. The van der Waals surface area contributed by atoms with Gasteiger partial charge in [0.1, 0.15) is 23.0 Å². The molecule has 8 heteroatoms. The molecule has 1 atom stereocenters. The topological polar surface area (TPSA) is 87.2 Å². The van der Waals surface area contributed by atoms with Gasteiger partial charge >= 0.3 is 0 Å². The number of hydrogen-bond donors (Lipinski definition) is 2. The predicted octanol–water partition coefficient (Wildman–Crippen LogP) is 3.87. The van der Waals surface area contributed by atoms with E-state index in [0.717, 1.165) is 34.4 Å². The van der Waals surface area contributed by atoms with Crippen LogP contribution >= 0.6 is 11.3 Å². The van der Waals surface area contributed by atoms with Crippen LogP contribution < -0.4 is 15.5 Å². The molecule has 1 aliphatic heterocycles. The molecule has 2 aromatic heterocycles. The smallest absolute Gasteiger partial charge is 0.246 e. The summed E-state index contributed by atoms with van der Waals surface area (Å²) >= 11 is 1.62. The van der Waals surface area contributed by atoms with E-state index in [0.29, 0.717) is 17.9 Å². The molecular weight excluding hydrogens is 386 g/mol. The Bertz CT molecular complexity index is 1080. The lowest BCUT2D eigenvalue weighted by Crippen LogP contribution is -2.32. The maximum atomic E-state index is 12.7. The first kappa shape index (κ1) is 19.3. The zero-order valence-electron chi connectivity index (χ0n) is 16.7. The highest BCUT2D eigenvalue weighted by Crippen LogP contribution is 2.32. The Labute approximate surface area is 173 Å². The second-order valence-corrected chi connectivity index (χ2v) is 8.44. The normalized spacial score (nSPS) is 15.0. The highest BCUT2D eigenvalue weighted by Gasteiger charge is 2.22. The number of carbonyl (C=O) groups is 2. The third kappa shape index (κ3) is 3.80. The zero-order chi connectivity index (χ0) is 20.5. The zero-order valence-corrected chi connectivity index (χ0v) is 17.5. The van der Waals surface area contributed by atoms with Crippen molar-refractivity contribution in [3.05, 3.63) is 41.0 Å². The monoisotopic (exact) mass is 409 g/mol. The van der Waals surface area contributed by atoms with E-state index in [-0.39, 0.29) is 11.8 Å². The Hall–Kier alpha value is -3.00. The SMILES string of the molecule is Cc1sc2ncnc(N[C@@H](C)C(=O)Nc3ccc(N4CCCC4=O)cc3)c2c1C. The van der Waals surface area contributed by atoms with Crippen molar-refractivity contribution in [2.75, 3.05) is 22.1 Å². The molecule has 0 aliphatic carbocycles. The third-order valence-electron chi connectivity index (χ3n) is 5.23. The number of nitrogens with one attached hydrogen (secondary N) is 2. The van der Waals surface area contributed by atoms with Crippen molar-refractivity contribution in [1.82, 2.24) is 9.97 Å². The molecule has 0 spiro atoms. The van der Waals surface area contributed by atoms with Gasteiger partial charge in [0.25, 0.3) is 0 Å². The summed E-state index contributed by atoms with van der Waals surface area (Å²) in [6.07, 6.45) is 3.00. The summed E-state index contributed by atoms with van der Waals surface area (Å²) in [5, 5.41) is 7.09. The first-order chi connectivity index (χ1) is 13.9. The van der Waals surface area contributed by atoms with Gasteiger partial charge in [0.15, 0.2) is 0 Å². The van der Waals surface area contributed by atoms with Crippen LogP contribution in [0.25, 0.3) is 10.2 Å². The van der Waals surface area contributed by atoms with E-state index >= 15 is 0 Å². The standard InChI is InChI=1S/C21H23N5O2S/c1-12-14(3)29-21-18(12)19(22-11-23-21)24-13(2)20(28)25-15-6-8-16(9-7-15)26-10-4-5-17(26)27/h6-9,11,13H,4-5,10H2,1-3H3,(H,25,28)(H,22,23,24)/t13-/m0/s1.